The second-order valence-corrected chi connectivity index (χ2v) is 7.49. The molecule has 3 N–H and O–H groups in total. The highest BCUT2D eigenvalue weighted by molar-refractivity contribution is 7.13. The van der Waals surface area contributed by atoms with Gasteiger partial charge in [0, 0.05) is 30.4 Å². The van der Waals surface area contributed by atoms with Gasteiger partial charge in [-0.3, -0.25) is 14.0 Å². The molecule has 4 rings (SSSR count). The lowest BCUT2D eigenvalue weighted by Crippen LogP contribution is -2.29. The third-order valence-electron chi connectivity index (χ3n) is 5.19. The zero-order chi connectivity index (χ0) is 18.3. The Hall–Kier alpha value is -2.38. The average Bonchev–Trinajstić information content (AvgIpc) is 3.29. The van der Waals surface area contributed by atoms with Gasteiger partial charge in [-0.05, 0) is 37.6 Å². The topological polar surface area (TPSA) is 81.0 Å². The number of aromatic nitrogens is 2. The van der Waals surface area contributed by atoms with E-state index in [1.807, 2.05) is 26.1 Å². The lowest BCUT2D eigenvalue weighted by molar-refractivity contribution is 0.617. The van der Waals surface area contributed by atoms with Gasteiger partial charge in [-0.1, -0.05) is 30.6 Å². The van der Waals surface area contributed by atoms with Gasteiger partial charge < -0.3 is 15.2 Å². The molecule has 3 aromatic rings. The second kappa shape index (κ2) is 6.74. The second-order valence-electron chi connectivity index (χ2n) is 6.67. The minimum absolute atomic E-state index is 0.239. The van der Waals surface area contributed by atoms with Crippen LogP contribution in [0.4, 0.5) is 5.69 Å². The first-order valence-corrected chi connectivity index (χ1v) is 9.73. The molecule has 0 amide bonds. The Balaban J connectivity index is 1.82. The van der Waals surface area contributed by atoms with Gasteiger partial charge in [-0.25, -0.2) is 0 Å². The van der Waals surface area contributed by atoms with Crippen molar-refractivity contribution in [2.24, 2.45) is 0 Å². The van der Waals surface area contributed by atoms with Gasteiger partial charge in [0.15, 0.2) is 0 Å². The molecule has 1 fully saturated rings. The molecule has 1 atom stereocenters. The first-order valence-electron chi connectivity index (χ1n) is 8.91. The molecule has 7 heteroatoms. The van der Waals surface area contributed by atoms with E-state index in [4.69, 9.17) is 0 Å². The predicted molar refractivity (Wildman–Crippen MR) is 108 cm³/mol. The number of likely N-dealkylation sites (N-methyl/N-ethyl adjacent to an activating group) is 1. The van der Waals surface area contributed by atoms with E-state index in [1.54, 1.807) is 0 Å². The molecule has 0 aliphatic carbocycles. The lowest BCUT2D eigenvalue weighted by Gasteiger charge is -2.20. The highest BCUT2D eigenvalue weighted by Crippen LogP contribution is 2.31. The summed E-state index contributed by atoms with van der Waals surface area (Å²) in [5.41, 5.74) is 3.33. The Morgan fingerprint density at radius 1 is 1.31 bits per heavy atom. The lowest BCUT2D eigenvalue weighted by atomic mass is 10.0. The molecule has 26 heavy (non-hydrogen) atoms. The third kappa shape index (κ3) is 2.77. The fourth-order valence-corrected chi connectivity index (χ4v) is 4.71. The molecule has 1 saturated heterocycles. The molecule has 3 heterocycles. The quantitative estimate of drug-likeness (QED) is 0.658. The van der Waals surface area contributed by atoms with Crippen molar-refractivity contribution < 1.29 is 0 Å². The number of rotatable bonds is 4. The van der Waals surface area contributed by atoms with Crippen LogP contribution < -0.4 is 21.3 Å². The Bertz CT molecular complexity index is 1070. The van der Waals surface area contributed by atoms with Crippen LogP contribution in [0.5, 0.6) is 0 Å². The molecule has 136 valence electrons. The van der Waals surface area contributed by atoms with Gasteiger partial charge >= 0.3 is 0 Å². The number of aryl methyl sites for hydroxylation is 1. The number of pyridine rings is 1. The third-order valence-corrected chi connectivity index (χ3v) is 6.13. The molecule has 1 aliphatic heterocycles. The Morgan fingerprint density at radius 3 is 2.88 bits per heavy atom. The van der Waals surface area contributed by atoms with Crippen LogP contribution in [0.15, 0.2) is 33.9 Å². The minimum Gasteiger partial charge on any atom is -0.370 e. The summed E-state index contributed by atoms with van der Waals surface area (Å²) in [5.74, 6) is 0. The summed E-state index contributed by atoms with van der Waals surface area (Å²) in [4.78, 5) is 29.7. The monoisotopic (exact) mass is 370 g/mol. The molecule has 1 unspecified atom stereocenters. The zero-order valence-corrected chi connectivity index (χ0v) is 15.7. The van der Waals surface area contributed by atoms with Gasteiger partial charge in [-0.2, -0.15) is 0 Å². The molecule has 1 aromatic carbocycles. The van der Waals surface area contributed by atoms with Crippen molar-refractivity contribution in [3.05, 3.63) is 50.5 Å². The summed E-state index contributed by atoms with van der Waals surface area (Å²) < 4.78 is 3.45. The first kappa shape index (κ1) is 17.1. The van der Waals surface area contributed by atoms with Crippen molar-refractivity contribution >= 4 is 27.3 Å². The highest BCUT2D eigenvalue weighted by Gasteiger charge is 2.22. The Labute approximate surface area is 155 Å². The maximum atomic E-state index is 12.5. The molecule has 0 saturated carbocycles. The van der Waals surface area contributed by atoms with E-state index < -0.39 is 0 Å². The predicted octanol–water partition coefficient (Wildman–Crippen LogP) is 2.31. The number of anilines is 1. The van der Waals surface area contributed by atoms with Gasteiger partial charge in [0.05, 0.1) is 10.4 Å². The van der Waals surface area contributed by atoms with Crippen molar-refractivity contribution in [1.29, 1.82) is 0 Å². The number of aromatic amines is 2. The molecule has 0 radical (unpaired) electrons. The summed E-state index contributed by atoms with van der Waals surface area (Å²) in [6, 6.07) is 8.79. The molecule has 0 spiro atoms. The van der Waals surface area contributed by atoms with E-state index in [0.29, 0.717) is 6.04 Å². The van der Waals surface area contributed by atoms with E-state index in [0.717, 1.165) is 53.1 Å². The van der Waals surface area contributed by atoms with Crippen LogP contribution >= 0.6 is 11.5 Å². The molecular weight excluding hydrogens is 348 g/mol. The van der Waals surface area contributed by atoms with Gasteiger partial charge in [-0.15, -0.1) is 0 Å². The van der Waals surface area contributed by atoms with E-state index in [-0.39, 0.29) is 16.5 Å². The van der Waals surface area contributed by atoms with Gasteiger partial charge in [0.1, 0.15) is 5.39 Å². The maximum Gasteiger partial charge on any atom is 0.271 e. The zero-order valence-electron chi connectivity index (χ0n) is 14.9. The first-order chi connectivity index (χ1) is 12.6. The number of hydrogen-bond donors (Lipinski definition) is 3. The fourth-order valence-electron chi connectivity index (χ4n) is 3.76. The van der Waals surface area contributed by atoms with Crippen molar-refractivity contribution in [2.75, 3.05) is 25.0 Å². The summed E-state index contributed by atoms with van der Waals surface area (Å²) in [5, 5.41) is 3.58. The fraction of sp³-hybridized carbons (Fsp3) is 0.368. The highest BCUT2D eigenvalue weighted by atomic mass is 32.1. The molecule has 1 aliphatic rings. The van der Waals surface area contributed by atoms with E-state index >= 15 is 0 Å². The summed E-state index contributed by atoms with van der Waals surface area (Å²) in [7, 11) is 2.00. The van der Waals surface area contributed by atoms with E-state index in [2.05, 4.69) is 31.7 Å². The standard InChI is InChI=1S/C19H22N4O2S/c1-3-14-16(21-18(24)15-17(14)26-22-19(15)25)11-5-4-6-13(9-11)23-8-7-12(10-23)20-2/h4-6,9,12,20H,3,7-8,10H2,1-2H3,(H,21,24)(H,22,25). The molecular formula is C19H22N4O2S. The van der Waals surface area contributed by atoms with Crippen molar-refractivity contribution in [1.82, 2.24) is 14.7 Å². The van der Waals surface area contributed by atoms with Crippen LogP contribution in [-0.4, -0.2) is 35.5 Å². The van der Waals surface area contributed by atoms with Crippen LogP contribution in [0.2, 0.25) is 0 Å². The van der Waals surface area contributed by atoms with Gasteiger partial charge in [0.2, 0.25) is 0 Å². The Morgan fingerprint density at radius 2 is 2.15 bits per heavy atom. The normalized spacial score (nSPS) is 17.3. The molecule has 6 nitrogen and oxygen atoms in total. The molecule has 2 aromatic heterocycles. The van der Waals surface area contributed by atoms with Crippen LogP contribution in [0.1, 0.15) is 18.9 Å². The van der Waals surface area contributed by atoms with Crippen LogP contribution in [0.25, 0.3) is 21.3 Å². The van der Waals surface area contributed by atoms with Gasteiger partial charge in [0.25, 0.3) is 11.1 Å². The van der Waals surface area contributed by atoms with Crippen LogP contribution in [0, 0.1) is 0 Å². The maximum absolute atomic E-state index is 12.5. The summed E-state index contributed by atoms with van der Waals surface area (Å²) >= 11 is 1.24. The number of fused-ring (bicyclic) bond motifs is 1. The molecule has 0 bridgehead atoms. The smallest absolute Gasteiger partial charge is 0.271 e. The van der Waals surface area contributed by atoms with E-state index in [9.17, 15) is 9.59 Å². The minimum atomic E-state index is -0.323. The summed E-state index contributed by atoms with van der Waals surface area (Å²) in [6.45, 7) is 4.04. The number of nitrogens with zero attached hydrogens (tertiary/aromatic N) is 1. The Kier molecular flexibility index (Phi) is 4.42. The largest absolute Gasteiger partial charge is 0.370 e. The SMILES string of the molecule is CCc1c(-c2cccc(N3CCC(NC)C3)c2)[nH]c(=O)c2c(=O)[nH]sc12. The number of hydrogen-bond acceptors (Lipinski definition) is 5. The summed E-state index contributed by atoms with van der Waals surface area (Å²) in [6.07, 6.45) is 1.87. The van der Waals surface area contributed by atoms with Crippen molar-refractivity contribution in [3.63, 3.8) is 0 Å². The number of nitrogens with one attached hydrogen (secondary N) is 3. The van der Waals surface area contributed by atoms with Crippen molar-refractivity contribution in [2.45, 2.75) is 25.8 Å². The van der Waals surface area contributed by atoms with Crippen molar-refractivity contribution in [3.8, 4) is 11.3 Å². The van der Waals surface area contributed by atoms with Crippen LogP contribution in [0.3, 0.4) is 0 Å². The average molecular weight is 370 g/mol. The van der Waals surface area contributed by atoms with Crippen LogP contribution in [-0.2, 0) is 6.42 Å². The number of benzene rings is 1. The number of H-pyrrole nitrogens is 2. The van der Waals surface area contributed by atoms with E-state index in [1.165, 1.54) is 11.5 Å².